The summed E-state index contributed by atoms with van der Waals surface area (Å²) in [5.74, 6) is 1.24. The van der Waals surface area contributed by atoms with E-state index in [1.54, 1.807) is 11.3 Å². The molecule has 5 rings (SSSR count). The van der Waals surface area contributed by atoms with Gasteiger partial charge < -0.3 is 9.42 Å². The number of piperidine rings is 1. The molecule has 0 saturated carbocycles. The maximum Gasteiger partial charge on any atom is 0.259 e. The summed E-state index contributed by atoms with van der Waals surface area (Å²) in [6.07, 6.45) is 2.27. The molecule has 0 unspecified atom stereocenters. The van der Waals surface area contributed by atoms with E-state index in [9.17, 15) is 4.79 Å². The fraction of sp³-hybridized carbons (Fsp3) is 0.588. The van der Waals surface area contributed by atoms with Gasteiger partial charge >= 0.3 is 0 Å². The van der Waals surface area contributed by atoms with Crippen molar-refractivity contribution in [1.82, 2.24) is 19.9 Å². The Balaban J connectivity index is 1.53. The zero-order valence-corrected chi connectivity index (χ0v) is 14.9. The largest absolute Gasteiger partial charge is 0.361 e. The molecular weight excluding hydrogens is 324 g/mol. The standard InChI is InChI=1S/C17H22N4O2S/c1-11-16(12(2)23-19-11)17(22)21-6-13-3-4-15(21)8-20(5-13)7-14-9-24-10-18-14/h9-10,13,15H,3-8H2,1-2H3/t13-,15+/m0/s1. The zero-order chi connectivity index (χ0) is 16.7. The molecule has 2 bridgehead atoms. The molecule has 0 aromatic carbocycles. The van der Waals surface area contributed by atoms with Crippen molar-refractivity contribution in [3.8, 4) is 0 Å². The lowest BCUT2D eigenvalue weighted by molar-refractivity contribution is 0.0582. The van der Waals surface area contributed by atoms with Gasteiger partial charge in [-0.25, -0.2) is 4.98 Å². The molecule has 2 aromatic heterocycles. The van der Waals surface area contributed by atoms with E-state index in [4.69, 9.17) is 4.52 Å². The highest BCUT2D eigenvalue weighted by molar-refractivity contribution is 7.07. The van der Waals surface area contributed by atoms with Crippen LogP contribution in [0, 0.1) is 19.8 Å². The Kier molecular flexibility index (Phi) is 4.14. The van der Waals surface area contributed by atoms with Gasteiger partial charge in [0.25, 0.3) is 5.91 Å². The first kappa shape index (κ1) is 15.8. The number of aromatic nitrogens is 2. The number of amides is 1. The van der Waals surface area contributed by atoms with Crippen molar-refractivity contribution < 1.29 is 9.32 Å². The fourth-order valence-electron chi connectivity index (χ4n) is 4.03. The van der Waals surface area contributed by atoms with Crippen molar-refractivity contribution in [2.45, 2.75) is 39.3 Å². The van der Waals surface area contributed by atoms with Crippen LogP contribution in [0.4, 0.5) is 0 Å². The highest BCUT2D eigenvalue weighted by atomic mass is 32.1. The second kappa shape index (κ2) is 6.29. The number of carbonyl (C=O) groups excluding carboxylic acids is 1. The first-order valence-corrected chi connectivity index (χ1v) is 9.39. The molecule has 7 heteroatoms. The van der Waals surface area contributed by atoms with E-state index >= 15 is 0 Å². The molecule has 3 saturated heterocycles. The summed E-state index contributed by atoms with van der Waals surface area (Å²) >= 11 is 1.64. The van der Waals surface area contributed by atoms with Gasteiger partial charge in [0.05, 0.1) is 16.9 Å². The Morgan fingerprint density at radius 1 is 1.33 bits per heavy atom. The van der Waals surface area contributed by atoms with Crippen LogP contribution in [0.25, 0.3) is 0 Å². The number of fused-ring (bicyclic) bond motifs is 4. The number of thiazole rings is 1. The molecule has 2 aromatic rings. The topological polar surface area (TPSA) is 62.5 Å². The summed E-state index contributed by atoms with van der Waals surface area (Å²) in [6, 6.07) is 0.267. The van der Waals surface area contributed by atoms with Gasteiger partial charge in [-0.2, -0.15) is 0 Å². The van der Waals surface area contributed by atoms with Crippen LogP contribution in [0.1, 0.15) is 40.3 Å². The average Bonchev–Trinajstić information content (AvgIpc) is 3.08. The van der Waals surface area contributed by atoms with Crippen molar-refractivity contribution in [2.24, 2.45) is 5.92 Å². The molecule has 3 aliphatic rings. The van der Waals surface area contributed by atoms with E-state index in [2.05, 4.69) is 25.3 Å². The van der Waals surface area contributed by atoms with E-state index < -0.39 is 0 Å². The predicted molar refractivity (Wildman–Crippen MR) is 90.9 cm³/mol. The number of aryl methyl sites for hydroxylation is 2. The van der Waals surface area contributed by atoms with Gasteiger partial charge in [-0.3, -0.25) is 9.69 Å². The first-order chi connectivity index (χ1) is 11.6. The lowest BCUT2D eigenvalue weighted by Crippen LogP contribution is -2.47. The Morgan fingerprint density at radius 3 is 2.92 bits per heavy atom. The second-order valence-electron chi connectivity index (χ2n) is 6.93. The average molecular weight is 346 g/mol. The summed E-state index contributed by atoms with van der Waals surface area (Å²) in [7, 11) is 0. The van der Waals surface area contributed by atoms with Crippen molar-refractivity contribution in [3.63, 3.8) is 0 Å². The minimum atomic E-state index is 0.0801. The third-order valence-corrected chi connectivity index (χ3v) is 5.80. The summed E-state index contributed by atoms with van der Waals surface area (Å²) in [5.41, 5.74) is 4.35. The molecule has 0 radical (unpaired) electrons. The van der Waals surface area contributed by atoms with Crippen LogP contribution in [-0.2, 0) is 6.54 Å². The van der Waals surface area contributed by atoms with E-state index in [-0.39, 0.29) is 11.9 Å². The third kappa shape index (κ3) is 2.86. The van der Waals surface area contributed by atoms with Crippen molar-refractivity contribution >= 4 is 17.2 Å². The van der Waals surface area contributed by atoms with Gasteiger partial charge in [-0.05, 0) is 32.6 Å². The minimum absolute atomic E-state index is 0.0801. The molecule has 2 atom stereocenters. The number of carbonyl (C=O) groups is 1. The van der Waals surface area contributed by atoms with Gasteiger partial charge in [0.1, 0.15) is 11.3 Å². The smallest absolute Gasteiger partial charge is 0.259 e. The molecular formula is C17H22N4O2S. The number of hydrogen-bond acceptors (Lipinski definition) is 6. The number of nitrogens with zero attached hydrogens (tertiary/aromatic N) is 4. The number of rotatable bonds is 3. The van der Waals surface area contributed by atoms with Gasteiger partial charge in [-0.15, -0.1) is 11.3 Å². The van der Waals surface area contributed by atoms with Crippen molar-refractivity contribution in [2.75, 3.05) is 19.6 Å². The zero-order valence-electron chi connectivity index (χ0n) is 14.1. The van der Waals surface area contributed by atoms with Crippen LogP contribution in [0.5, 0.6) is 0 Å². The maximum atomic E-state index is 13.1. The quantitative estimate of drug-likeness (QED) is 0.854. The SMILES string of the molecule is Cc1noc(C)c1C(=O)N1C[C@H]2CC[C@@H]1CN(Cc1cscn1)C2. The minimum Gasteiger partial charge on any atom is -0.361 e. The van der Waals surface area contributed by atoms with Gasteiger partial charge in [0.2, 0.25) is 0 Å². The van der Waals surface area contributed by atoms with E-state index in [1.807, 2.05) is 19.4 Å². The molecule has 3 aliphatic heterocycles. The lowest BCUT2D eigenvalue weighted by Gasteiger charge is -2.36. The van der Waals surface area contributed by atoms with Gasteiger partial charge in [-0.1, -0.05) is 5.16 Å². The predicted octanol–water partition coefficient (Wildman–Crippen LogP) is 2.48. The third-order valence-electron chi connectivity index (χ3n) is 5.17. The Labute approximate surface area is 145 Å². The van der Waals surface area contributed by atoms with Crippen LogP contribution >= 0.6 is 11.3 Å². The first-order valence-electron chi connectivity index (χ1n) is 8.45. The molecule has 6 nitrogen and oxygen atoms in total. The highest BCUT2D eigenvalue weighted by Crippen LogP contribution is 2.30. The molecule has 1 amide bonds. The molecule has 0 spiro atoms. The molecule has 0 aliphatic carbocycles. The number of hydrogen-bond donors (Lipinski definition) is 0. The molecule has 3 fully saturated rings. The van der Waals surface area contributed by atoms with E-state index in [1.165, 1.54) is 6.42 Å². The van der Waals surface area contributed by atoms with Gasteiger partial charge in [0, 0.05) is 37.6 Å². The fourth-order valence-corrected chi connectivity index (χ4v) is 4.58. The van der Waals surface area contributed by atoms with E-state index in [0.717, 1.165) is 38.3 Å². The Hall–Kier alpha value is -1.73. The molecule has 0 N–H and O–H groups in total. The monoisotopic (exact) mass is 346 g/mol. The summed E-state index contributed by atoms with van der Waals surface area (Å²) in [6.45, 7) is 7.33. The highest BCUT2D eigenvalue weighted by Gasteiger charge is 2.38. The summed E-state index contributed by atoms with van der Waals surface area (Å²) in [5, 5.41) is 6.05. The van der Waals surface area contributed by atoms with Crippen LogP contribution in [0.15, 0.2) is 15.4 Å². The maximum absolute atomic E-state index is 13.1. The Morgan fingerprint density at radius 2 is 2.21 bits per heavy atom. The summed E-state index contributed by atoms with van der Waals surface area (Å²) < 4.78 is 5.19. The normalized spacial score (nSPS) is 24.3. The Bertz CT molecular complexity index is 708. The summed E-state index contributed by atoms with van der Waals surface area (Å²) in [4.78, 5) is 22.0. The molecule has 24 heavy (non-hydrogen) atoms. The van der Waals surface area contributed by atoms with Crippen LogP contribution < -0.4 is 0 Å². The van der Waals surface area contributed by atoms with Crippen LogP contribution in [0.3, 0.4) is 0 Å². The lowest BCUT2D eigenvalue weighted by atomic mass is 9.94. The van der Waals surface area contributed by atoms with Crippen molar-refractivity contribution in [3.05, 3.63) is 33.6 Å². The van der Waals surface area contributed by atoms with Crippen LogP contribution in [0.2, 0.25) is 0 Å². The van der Waals surface area contributed by atoms with E-state index in [0.29, 0.717) is 22.9 Å². The molecule has 128 valence electrons. The van der Waals surface area contributed by atoms with Crippen molar-refractivity contribution in [1.29, 1.82) is 0 Å². The van der Waals surface area contributed by atoms with Crippen LogP contribution in [-0.4, -0.2) is 51.5 Å². The molecule has 5 heterocycles. The second-order valence-corrected chi connectivity index (χ2v) is 7.65. The van der Waals surface area contributed by atoms with Gasteiger partial charge in [0.15, 0.2) is 0 Å².